The molecule has 1 heterocycles. The van der Waals surface area contributed by atoms with E-state index in [1.54, 1.807) is 24.3 Å². The van der Waals surface area contributed by atoms with Gasteiger partial charge in [0.25, 0.3) is 0 Å². The number of benzene rings is 2. The van der Waals surface area contributed by atoms with Crippen LogP contribution in [0.3, 0.4) is 0 Å². The standard InChI is InChI=1S/C21H21N5O2/c1-13-9-14(12-22)7-8-17(13)24-20(28)23-16-6-4-5-15(10-16)19-21(2,3)11-18(27)25-26-19/h4-10H,11H2,1-3H3,(H,25,27)(H2,23,24,28). The maximum atomic E-state index is 12.4. The number of carbonyl (C=O) groups is 2. The lowest BCUT2D eigenvalue weighted by Crippen LogP contribution is -2.39. The summed E-state index contributed by atoms with van der Waals surface area (Å²) in [5, 5.41) is 18.7. The van der Waals surface area contributed by atoms with Gasteiger partial charge in [0, 0.05) is 28.8 Å². The summed E-state index contributed by atoms with van der Waals surface area (Å²) in [6.45, 7) is 5.75. The Balaban J connectivity index is 1.75. The Morgan fingerprint density at radius 3 is 2.68 bits per heavy atom. The third-order valence-corrected chi connectivity index (χ3v) is 4.53. The van der Waals surface area contributed by atoms with Crippen LogP contribution in [0.5, 0.6) is 0 Å². The maximum absolute atomic E-state index is 12.4. The van der Waals surface area contributed by atoms with Crippen molar-refractivity contribution < 1.29 is 9.59 Å². The van der Waals surface area contributed by atoms with Crippen LogP contribution in [0.4, 0.5) is 16.2 Å². The average molecular weight is 375 g/mol. The van der Waals surface area contributed by atoms with Crippen LogP contribution in [0, 0.1) is 23.7 Å². The molecule has 3 N–H and O–H groups in total. The summed E-state index contributed by atoms with van der Waals surface area (Å²) in [5.41, 5.74) is 6.30. The Morgan fingerprint density at radius 1 is 1.21 bits per heavy atom. The quantitative estimate of drug-likeness (QED) is 0.760. The highest BCUT2D eigenvalue weighted by molar-refractivity contribution is 6.09. The second-order valence-electron chi connectivity index (χ2n) is 7.36. The van der Waals surface area contributed by atoms with Gasteiger partial charge in [-0.25, -0.2) is 10.2 Å². The van der Waals surface area contributed by atoms with Gasteiger partial charge >= 0.3 is 6.03 Å². The molecule has 0 aromatic heterocycles. The SMILES string of the molecule is Cc1cc(C#N)ccc1NC(=O)Nc1cccc(C2=NNC(=O)CC2(C)C)c1. The molecule has 3 amide bonds. The fourth-order valence-electron chi connectivity index (χ4n) is 3.15. The van der Waals surface area contributed by atoms with Crippen molar-refractivity contribution in [1.82, 2.24) is 5.43 Å². The summed E-state index contributed by atoms with van der Waals surface area (Å²) in [6.07, 6.45) is 0.349. The lowest BCUT2D eigenvalue weighted by atomic mass is 9.79. The molecule has 0 bridgehead atoms. The highest BCUT2D eigenvalue weighted by Gasteiger charge is 2.33. The molecule has 142 valence electrons. The van der Waals surface area contributed by atoms with E-state index < -0.39 is 5.41 Å². The maximum Gasteiger partial charge on any atom is 0.323 e. The Labute approximate surface area is 163 Å². The third-order valence-electron chi connectivity index (χ3n) is 4.53. The second kappa shape index (κ2) is 7.53. The first-order valence-corrected chi connectivity index (χ1v) is 8.85. The molecule has 3 rings (SSSR count). The highest BCUT2D eigenvalue weighted by atomic mass is 16.2. The Kier molecular flexibility index (Phi) is 5.14. The van der Waals surface area contributed by atoms with E-state index in [0.717, 1.165) is 16.8 Å². The molecular weight excluding hydrogens is 354 g/mol. The molecule has 2 aromatic carbocycles. The summed E-state index contributed by atoms with van der Waals surface area (Å²) in [5.74, 6) is -0.111. The van der Waals surface area contributed by atoms with Gasteiger partial charge in [-0.2, -0.15) is 10.4 Å². The van der Waals surface area contributed by atoms with Crippen molar-refractivity contribution in [1.29, 1.82) is 5.26 Å². The largest absolute Gasteiger partial charge is 0.323 e. The number of amides is 3. The zero-order valence-electron chi connectivity index (χ0n) is 16.0. The molecule has 7 heteroatoms. The van der Waals surface area contributed by atoms with Crippen LogP contribution in [0.1, 0.15) is 37.0 Å². The molecule has 0 fully saturated rings. The molecule has 28 heavy (non-hydrogen) atoms. The molecule has 0 saturated heterocycles. The number of urea groups is 1. The van der Waals surface area contributed by atoms with E-state index in [1.165, 1.54) is 0 Å². The summed E-state index contributed by atoms with van der Waals surface area (Å²) < 4.78 is 0. The van der Waals surface area contributed by atoms with Crippen LogP contribution in [0.25, 0.3) is 0 Å². The van der Waals surface area contributed by atoms with Crippen molar-refractivity contribution in [2.45, 2.75) is 27.2 Å². The molecule has 1 aliphatic rings. The monoisotopic (exact) mass is 375 g/mol. The first-order chi connectivity index (χ1) is 13.3. The van der Waals surface area contributed by atoms with Crippen LogP contribution >= 0.6 is 0 Å². The topological polar surface area (TPSA) is 106 Å². The van der Waals surface area contributed by atoms with Gasteiger partial charge in [-0.05, 0) is 42.8 Å². The minimum absolute atomic E-state index is 0.111. The normalized spacial score (nSPS) is 15.1. The van der Waals surface area contributed by atoms with Gasteiger partial charge in [0.1, 0.15) is 0 Å². The smallest absolute Gasteiger partial charge is 0.308 e. The molecule has 0 atom stereocenters. The number of hydrogen-bond acceptors (Lipinski definition) is 4. The zero-order chi connectivity index (χ0) is 20.3. The Morgan fingerprint density at radius 2 is 2.00 bits per heavy atom. The number of nitriles is 1. The summed E-state index contributed by atoms with van der Waals surface area (Å²) in [4.78, 5) is 24.0. The van der Waals surface area contributed by atoms with Crippen LogP contribution in [0.2, 0.25) is 0 Å². The van der Waals surface area contributed by atoms with E-state index in [1.807, 2.05) is 39.0 Å². The fraction of sp³-hybridized carbons (Fsp3) is 0.238. The van der Waals surface area contributed by atoms with Crippen molar-refractivity contribution in [2.24, 2.45) is 10.5 Å². The van der Waals surface area contributed by atoms with E-state index in [2.05, 4.69) is 27.2 Å². The minimum Gasteiger partial charge on any atom is -0.308 e. The number of hydrazone groups is 1. The van der Waals surface area contributed by atoms with Crippen molar-refractivity contribution in [2.75, 3.05) is 10.6 Å². The number of hydrogen-bond donors (Lipinski definition) is 3. The summed E-state index contributed by atoms with van der Waals surface area (Å²) in [7, 11) is 0. The van der Waals surface area contributed by atoms with Gasteiger partial charge in [0.15, 0.2) is 0 Å². The summed E-state index contributed by atoms with van der Waals surface area (Å²) >= 11 is 0. The number of aryl methyl sites for hydroxylation is 1. The van der Waals surface area contributed by atoms with Crippen LogP contribution < -0.4 is 16.1 Å². The Bertz CT molecular complexity index is 1020. The molecule has 0 spiro atoms. The van der Waals surface area contributed by atoms with Crippen LogP contribution in [0.15, 0.2) is 47.6 Å². The number of anilines is 2. The number of carbonyl (C=O) groups excluding carboxylic acids is 2. The van der Waals surface area contributed by atoms with Crippen molar-refractivity contribution in [3.8, 4) is 6.07 Å². The van der Waals surface area contributed by atoms with E-state index in [4.69, 9.17) is 5.26 Å². The lowest BCUT2D eigenvalue weighted by Gasteiger charge is -2.29. The molecule has 0 radical (unpaired) electrons. The van der Waals surface area contributed by atoms with Crippen molar-refractivity contribution in [3.63, 3.8) is 0 Å². The average Bonchev–Trinajstić information content (AvgIpc) is 2.62. The first kappa shape index (κ1) is 19.1. The van der Waals surface area contributed by atoms with Gasteiger partial charge in [0.2, 0.25) is 5.91 Å². The van der Waals surface area contributed by atoms with Gasteiger partial charge < -0.3 is 10.6 Å². The van der Waals surface area contributed by atoms with Gasteiger partial charge in [-0.1, -0.05) is 26.0 Å². The van der Waals surface area contributed by atoms with Crippen LogP contribution in [-0.2, 0) is 4.79 Å². The predicted octanol–water partition coefficient (Wildman–Crippen LogP) is 3.76. The number of nitrogens with zero attached hydrogens (tertiary/aromatic N) is 2. The van der Waals surface area contributed by atoms with Gasteiger partial charge in [-0.3, -0.25) is 4.79 Å². The number of nitrogens with one attached hydrogen (secondary N) is 3. The molecule has 1 aliphatic heterocycles. The van der Waals surface area contributed by atoms with E-state index in [-0.39, 0.29) is 11.9 Å². The second-order valence-corrected chi connectivity index (χ2v) is 7.36. The minimum atomic E-state index is -0.400. The fourth-order valence-corrected chi connectivity index (χ4v) is 3.15. The highest BCUT2D eigenvalue weighted by Crippen LogP contribution is 2.30. The molecule has 2 aromatic rings. The zero-order valence-corrected chi connectivity index (χ0v) is 16.0. The molecule has 0 unspecified atom stereocenters. The van der Waals surface area contributed by atoms with Crippen LogP contribution in [-0.4, -0.2) is 17.6 Å². The molecule has 0 saturated carbocycles. The lowest BCUT2D eigenvalue weighted by molar-refractivity contribution is -0.122. The van der Waals surface area contributed by atoms with Crippen molar-refractivity contribution >= 4 is 29.0 Å². The molecule has 0 aliphatic carbocycles. The number of rotatable bonds is 3. The van der Waals surface area contributed by atoms with E-state index in [0.29, 0.717) is 23.4 Å². The van der Waals surface area contributed by atoms with E-state index in [9.17, 15) is 9.59 Å². The van der Waals surface area contributed by atoms with Gasteiger partial charge in [0.05, 0.1) is 17.3 Å². The molecular formula is C21H21N5O2. The Hall–Kier alpha value is -3.66. The van der Waals surface area contributed by atoms with E-state index >= 15 is 0 Å². The third kappa shape index (κ3) is 4.18. The summed E-state index contributed by atoms with van der Waals surface area (Å²) in [6, 6.07) is 14.1. The predicted molar refractivity (Wildman–Crippen MR) is 108 cm³/mol. The van der Waals surface area contributed by atoms with Gasteiger partial charge in [-0.15, -0.1) is 0 Å². The molecule has 7 nitrogen and oxygen atoms in total. The first-order valence-electron chi connectivity index (χ1n) is 8.85. The van der Waals surface area contributed by atoms with Crippen molar-refractivity contribution in [3.05, 3.63) is 59.2 Å².